The number of aromatic nitrogens is 3. The SMILES string of the molecule is CC1(C)c2ccccc2-c2ccc(-c3cccc(-c4cccc(-c5nc(-c6ccc([Si](C)(C)C)cc6)nc(-c6cccc7ccccc67)n5)c4)c3)cc21. The summed E-state index contributed by atoms with van der Waals surface area (Å²) in [5.41, 5.74) is 13.0. The summed E-state index contributed by atoms with van der Waals surface area (Å²) in [5, 5.41) is 3.69. The first kappa shape index (κ1) is 32.9. The van der Waals surface area contributed by atoms with E-state index in [1.54, 1.807) is 0 Å². The molecule has 8 aromatic rings. The van der Waals surface area contributed by atoms with Gasteiger partial charge in [-0.25, -0.2) is 15.0 Å². The molecule has 53 heavy (non-hydrogen) atoms. The Kier molecular flexibility index (Phi) is 7.83. The van der Waals surface area contributed by atoms with Gasteiger partial charge in [0.15, 0.2) is 17.5 Å². The monoisotopic (exact) mass is 699 g/mol. The molecule has 4 heteroatoms. The molecule has 0 saturated carbocycles. The van der Waals surface area contributed by atoms with Crippen molar-refractivity contribution in [1.29, 1.82) is 0 Å². The zero-order valence-electron chi connectivity index (χ0n) is 30.9. The zero-order chi connectivity index (χ0) is 36.3. The Bertz CT molecular complexity index is 2680. The lowest BCUT2D eigenvalue weighted by molar-refractivity contribution is 0.660. The van der Waals surface area contributed by atoms with Gasteiger partial charge in [0.05, 0.1) is 8.07 Å². The quantitative estimate of drug-likeness (QED) is 0.162. The van der Waals surface area contributed by atoms with E-state index in [-0.39, 0.29) is 5.41 Å². The van der Waals surface area contributed by atoms with Crippen molar-refractivity contribution in [2.45, 2.75) is 38.9 Å². The molecule has 256 valence electrons. The molecule has 0 radical (unpaired) electrons. The number of rotatable bonds is 6. The van der Waals surface area contributed by atoms with E-state index in [1.807, 2.05) is 0 Å². The lowest BCUT2D eigenvalue weighted by atomic mass is 9.81. The first-order valence-electron chi connectivity index (χ1n) is 18.4. The molecule has 1 aromatic heterocycles. The van der Waals surface area contributed by atoms with Gasteiger partial charge in [0.1, 0.15) is 0 Å². The van der Waals surface area contributed by atoms with Crippen LogP contribution in [0.4, 0.5) is 0 Å². The molecule has 0 bridgehead atoms. The minimum Gasteiger partial charge on any atom is -0.208 e. The highest BCUT2D eigenvalue weighted by Gasteiger charge is 2.35. The summed E-state index contributed by atoms with van der Waals surface area (Å²) in [6.07, 6.45) is 0. The van der Waals surface area contributed by atoms with E-state index < -0.39 is 8.07 Å². The van der Waals surface area contributed by atoms with Gasteiger partial charge in [0, 0.05) is 22.1 Å². The molecule has 0 aliphatic heterocycles. The van der Waals surface area contributed by atoms with Crippen molar-refractivity contribution < 1.29 is 0 Å². The molecule has 0 fully saturated rings. The number of fused-ring (bicyclic) bond motifs is 4. The predicted octanol–water partition coefficient (Wildman–Crippen LogP) is 12.2. The molecule has 3 nitrogen and oxygen atoms in total. The Balaban J connectivity index is 1.12. The van der Waals surface area contributed by atoms with Crippen LogP contribution >= 0.6 is 0 Å². The fourth-order valence-corrected chi connectivity index (χ4v) is 9.06. The maximum Gasteiger partial charge on any atom is 0.164 e. The summed E-state index contributed by atoms with van der Waals surface area (Å²) >= 11 is 0. The van der Waals surface area contributed by atoms with Crippen LogP contribution in [-0.4, -0.2) is 23.0 Å². The minimum atomic E-state index is -1.46. The molecule has 1 aliphatic carbocycles. The van der Waals surface area contributed by atoms with Crippen LogP contribution in [0.1, 0.15) is 25.0 Å². The molecule has 1 aliphatic rings. The summed E-state index contributed by atoms with van der Waals surface area (Å²) < 4.78 is 0. The number of benzene rings is 7. The molecule has 0 saturated heterocycles. The fourth-order valence-electron chi connectivity index (χ4n) is 7.89. The first-order valence-corrected chi connectivity index (χ1v) is 21.9. The van der Waals surface area contributed by atoms with Gasteiger partial charge in [0.2, 0.25) is 0 Å². The molecule has 9 rings (SSSR count). The van der Waals surface area contributed by atoms with Crippen molar-refractivity contribution >= 4 is 24.0 Å². The van der Waals surface area contributed by atoms with Gasteiger partial charge in [-0.3, -0.25) is 0 Å². The van der Waals surface area contributed by atoms with E-state index >= 15 is 0 Å². The van der Waals surface area contributed by atoms with Gasteiger partial charge in [-0.05, 0) is 73.5 Å². The van der Waals surface area contributed by atoms with E-state index in [1.165, 1.54) is 38.6 Å². The highest BCUT2D eigenvalue weighted by Crippen LogP contribution is 2.49. The third-order valence-corrected chi connectivity index (χ3v) is 13.0. The lowest BCUT2D eigenvalue weighted by Crippen LogP contribution is -2.37. The maximum absolute atomic E-state index is 5.15. The lowest BCUT2D eigenvalue weighted by Gasteiger charge is -2.22. The molecular weight excluding hydrogens is 659 g/mol. The van der Waals surface area contributed by atoms with Gasteiger partial charge < -0.3 is 0 Å². The molecule has 0 unspecified atom stereocenters. The third kappa shape index (κ3) is 5.89. The molecule has 1 heterocycles. The van der Waals surface area contributed by atoms with Crippen LogP contribution < -0.4 is 5.19 Å². The second kappa shape index (κ2) is 12.6. The van der Waals surface area contributed by atoms with Crippen molar-refractivity contribution in [2.24, 2.45) is 0 Å². The smallest absolute Gasteiger partial charge is 0.164 e. The largest absolute Gasteiger partial charge is 0.208 e. The average Bonchev–Trinajstić information content (AvgIpc) is 3.42. The minimum absolute atomic E-state index is 0.0431. The Morgan fingerprint density at radius 2 is 0.906 bits per heavy atom. The van der Waals surface area contributed by atoms with E-state index in [4.69, 9.17) is 15.0 Å². The summed E-state index contributed by atoms with van der Waals surface area (Å²) in [7, 11) is -1.46. The van der Waals surface area contributed by atoms with E-state index in [0.29, 0.717) is 17.5 Å². The van der Waals surface area contributed by atoms with Crippen LogP contribution in [0, 0.1) is 0 Å². The standard InChI is InChI=1S/C49H41N3Si/c1-49(2)44-22-9-8-20-41(44)42-28-25-37(31-45(42)49)35-16-10-15-34(29-35)36-17-11-18-38(30-36)47-50-46(33-23-26-39(27-24-33)53(3,4)5)51-48(52-47)43-21-12-14-32-13-6-7-19-40(32)43/h6-31H,1-5H3. The van der Waals surface area contributed by atoms with Gasteiger partial charge in [-0.2, -0.15) is 0 Å². The van der Waals surface area contributed by atoms with Gasteiger partial charge in [-0.1, -0.05) is 178 Å². The third-order valence-electron chi connectivity index (χ3n) is 10.9. The number of hydrogen-bond donors (Lipinski definition) is 0. The van der Waals surface area contributed by atoms with Crippen molar-refractivity contribution in [3.05, 3.63) is 169 Å². The number of hydrogen-bond acceptors (Lipinski definition) is 3. The van der Waals surface area contributed by atoms with E-state index in [0.717, 1.165) is 38.6 Å². The van der Waals surface area contributed by atoms with Crippen LogP contribution in [0.3, 0.4) is 0 Å². The molecular formula is C49H41N3Si. The molecule has 0 spiro atoms. The zero-order valence-corrected chi connectivity index (χ0v) is 31.9. The van der Waals surface area contributed by atoms with Crippen molar-refractivity contribution in [1.82, 2.24) is 15.0 Å². The molecule has 0 amide bonds. The van der Waals surface area contributed by atoms with Crippen molar-refractivity contribution in [3.63, 3.8) is 0 Å². The first-order chi connectivity index (χ1) is 25.6. The topological polar surface area (TPSA) is 38.7 Å². The number of nitrogens with zero attached hydrogens (tertiary/aromatic N) is 3. The Morgan fingerprint density at radius 3 is 1.64 bits per heavy atom. The molecule has 0 atom stereocenters. The Morgan fingerprint density at radius 1 is 0.396 bits per heavy atom. The second-order valence-electron chi connectivity index (χ2n) is 15.8. The Hall–Kier alpha value is -5.97. The molecule has 0 N–H and O–H groups in total. The van der Waals surface area contributed by atoms with E-state index in [9.17, 15) is 0 Å². The van der Waals surface area contributed by atoms with Crippen LogP contribution in [0.2, 0.25) is 19.6 Å². The van der Waals surface area contributed by atoms with Gasteiger partial charge in [0.25, 0.3) is 0 Å². The van der Waals surface area contributed by atoms with Crippen molar-refractivity contribution in [3.8, 4) is 67.5 Å². The summed E-state index contributed by atoms with van der Waals surface area (Å²) in [6.45, 7) is 11.8. The van der Waals surface area contributed by atoms with E-state index in [2.05, 4.69) is 191 Å². The summed E-state index contributed by atoms with van der Waals surface area (Å²) in [6, 6.07) is 56.8. The summed E-state index contributed by atoms with van der Waals surface area (Å²) in [4.78, 5) is 15.4. The highest BCUT2D eigenvalue weighted by atomic mass is 28.3. The fraction of sp³-hybridized carbons (Fsp3) is 0.122. The maximum atomic E-state index is 5.15. The normalized spacial score (nSPS) is 13.2. The summed E-state index contributed by atoms with van der Waals surface area (Å²) in [5.74, 6) is 2.00. The molecule has 7 aromatic carbocycles. The van der Waals surface area contributed by atoms with Crippen LogP contribution in [-0.2, 0) is 5.41 Å². The van der Waals surface area contributed by atoms with Crippen molar-refractivity contribution in [2.75, 3.05) is 0 Å². The average molecular weight is 700 g/mol. The van der Waals surface area contributed by atoms with Crippen LogP contribution in [0.5, 0.6) is 0 Å². The second-order valence-corrected chi connectivity index (χ2v) is 20.8. The predicted molar refractivity (Wildman–Crippen MR) is 225 cm³/mol. The van der Waals surface area contributed by atoms with Gasteiger partial charge >= 0.3 is 0 Å². The highest BCUT2D eigenvalue weighted by molar-refractivity contribution is 6.88. The van der Waals surface area contributed by atoms with Crippen LogP contribution in [0.15, 0.2) is 158 Å². The Labute approximate surface area is 313 Å². The van der Waals surface area contributed by atoms with Gasteiger partial charge in [-0.15, -0.1) is 0 Å². The van der Waals surface area contributed by atoms with Crippen LogP contribution in [0.25, 0.3) is 78.3 Å².